The highest BCUT2D eigenvalue weighted by Gasteiger charge is 2.34. The molecular formula is C12H13F4NO3S. The van der Waals surface area contributed by atoms with E-state index in [2.05, 4.69) is 5.32 Å². The van der Waals surface area contributed by atoms with E-state index in [1.807, 2.05) is 0 Å². The van der Waals surface area contributed by atoms with Gasteiger partial charge in [0, 0.05) is 18.4 Å². The third-order valence-corrected chi connectivity index (χ3v) is 3.54. The van der Waals surface area contributed by atoms with Gasteiger partial charge in [0.2, 0.25) is 0 Å². The lowest BCUT2D eigenvalue weighted by Gasteiger charge is -2.10. The molecule has 0 atom stereocenters. The second-order valence-corrected chi connectivity index (χ2v) is 6.69. The smallest absolute Gasteiger partial charge is 0.352 e. The van der Waals surface area contributed by atoms with E-state index in [1.165, 1.54) is 0 Å². The summed E-state index contributed by atoms with van der Waals surface area (Å²) >= 11 is 0. The number of alkyl halides is 3. The molecule has 0 unspecified atom stereocenters. The summed E-state index contributed by atoms with van der Waals surface area (Å²) in [7, 11) is -3.17. The fourth-order valence-corrected chi connectivity index (χ4v) is 2.19. The van der Waals surface area contributed by atoms with E-state index >= 15 is 0 Å². The highest BCUT2D eigenvalue weighted by Crippen LogP contribution is 2.31. The molecule has 0 bridgehead atoms. The maximum absolute atomic E-state index is 13.0. The van der Waals surface area contributed by atoms with Crippen molar-refractivity contribution < 1.29 is 30.8 Å². The van der Waals surface area contributed by atoms with Gasteiger partial charge in [0.25, 0.3) is 5.91 Å². The van der Waals surface area contributed by atoms with Crippen molar-refractivity contribution in [2.24, 2.45) is 0 Å². The molecule has 0 radical (unpaired) electrons. The minimum Gasteiger partial charge on any atom is -0.352 e. The van der Waals surface area contributed by atoms with Crippen LogP contribution in [0.1, 0.15) is 22.3 Å². The Morgan fingerprint density at radius 3 is 2.43 bits per heavy atom. The summed E-state index contributed by atoms with van der Waals surface area (Å²) in [6.45, 7) is -0.00929. The lowest BCUT2D eigenvalue weighted by atomic mass is 10.1. The van der Waals surface area contributed by atoms with Gasteiger partial charge in [-0.25, -0.2) is 12.8 Å². The molecule has 1 aromatic rings. The van der Waals surface area contributed by atoms with E-state index in [0.29, 0.717) is 12.1 Å². The van der Waals surface area contributed by atoms with Crippen LogP contribution >= 0.6 is 0 Å². The topological polar surface area (TPSA) is 63.2 Å². The second kappa shape index (κ2) is 6.42. The lowest BCUT2D eigenvalue weighted by molar-refractivity contribution is -0.140. The average molecular weight is 327 g/mol. The molecule has 0 aromatic heterocycles. The highest BCUT2D eigenvalue weighted by atomic mass is 32.2. The van der Waals surface area contributed by atoms with Crippen LogP contribution < -0.4 is 5.32 Å². The van der Waals surface area contributed by atoms with Gasteiger partial charge in [-0.05, 0) is 24.6 Å². The van der Waals surface area contributed by atoms with Crippen LogP contribution in [0.15, 0.2) is 18.2 Å². The van der Waals surface area contributed by atoms with Crippen molar-refractivity contribution in [2.45, 2.75) is 12.6 Å². The average Bonchev–Trinajstić information content (AvgIpc) is 2.32. The predicted molar refractivity (Wildman–Crippen MR) is 68.1 cm³/mol. The molecule has 1 amide bonds. The number of hydrogen-bond donors (Lipinski definition) is 1. The molecule has 9 heteroatoms. The molecule has 0 aliphatic carbocycles. The molecule has 0 saturated carbocycles. The molecule has 0 aliphatic rings. The third kappa shape index (κ3) is 5.70. The zero-order chi connectivity index (χ0) is 16.3. The molecule has 0 fully saturated rings. The van der Waals surface area contributed by atoms with Crippen LogP contribution in [0.25, 0.3) is 0 Å². The first-order valence-corrected chi connectivity index (χ1v) is 7.89. The van der Waals surface area contributed by atoms with E-state index in [4.69, 9.17) is 0 Å². The van der Waals surface area contributed by atoms with Crippen LogP contribution in [0.3, 0.4) is 0 Å². The van der Waals surface area contributed by atoms with Crippen LogP contribution in [0.2, 0.25) is 0 Å². The molecule has 1 rings (SSSR count). The van der Waals surface area contributed by atoms with Crippen molar-refractivity contribution in [1.82, 2.24) is 5.32 Å². The Hall–Kier alpha value is -1.64. The molecule has 0 heterocycles. The number of sulfone groups is 1. The quantitative estimate of drug-likeness (QED) is 0.665. The largest absolute Gasteiger partial charge is 0.419 e. The Labute approximate surface area is 119 Å². The maximum atomic E-state index is 13.0. The van der Waals surface area contributed by atoms with Crippen molar-refractivity contribution in [3.05, 3.63) is 35.1 Å². The summed E-state index contributed by atoms with van der Waals surface area (Å²) in [6.07, 6.45) is -3.72. The fourth-order valence-electron chi connectivity index (χ4n) is 1.52. The molecular weight excluding hydrogens is 314 g/mol. The predicted octanol–water partition coefficient (Wildman–Crippen LogP) is 2.01. The number of amides is 1. The summed E-state index contributed by atoms with van der Waals surface area (Å²) in [4.78, 5) is 11.6. The van der Waals surface area contributed by atoms with Crippen LogP contribution in [0.5, 0.6) is 0 Å². The molecule has 1 aromatic carbocycles. The summed E-state index contributed by atoms with van der Waals surface area (Å²) in [6, 6.07) is 1.91. The Bertz CT molecular complexity index is 626. The monoisotopic (exact) mass is 327 g/mol. The fraction of sp³-hybridized carbons (Fsp3) is 0.417. The first-order chi connectivity index (χ1) is 9.50. The third-order valence-electron chi connectivity index (χ3n) is 2.51. The standard InChI is InChI=1S/C12H13F4NO3S/c1-21(19,20)6-2-5-17-11(18)8-3-4-10(13)9(7-8)12(14,15)16/h3-4,7H,2,5-6H2,1H3,(H,17,18). The van der Waals surface area contributed by atoms with Gasteiger partial charge in [0.1, 0.15) is 15.7 Å². The van der Waals surface area contributed by atoms with Gasteiger partial charge in [-0.2, -0.15) is 13.2 Å². The molecule has 0 spiro atoms. The number of nitrogens with one attached hydrogen (secondary N) is 1. The van der Waals surface area contributed by atoms with Gasteiger partial charge in [-0.15, -0.1) is 0 Å². The summed E-state index contributed by atoms with van der Waals surface area (Å²) in [5, 5.41) is 2.28. The van der Waals surface area contributed by atoms with Gasteiger partial charge in [0.05, 0.1) is 11.3 Å². The first kappa shape index (κ1) is 17.4. The number of carbonyl (C=O) groups excluding carboxylic acids is 1. The maximum Gasteiger partial charge on any atom is 0.419 e. The summed E-state index contributed by atoms with van der Waals surface area (Å²) < 4.78 is 72.2. The SMILES string of the molecule is CS(=O)(=O)CCCNC(=O)c1ccc(F)c(C(F)(F)F)c1. The Kier molecular flexibility index (Phi) is 5.32. The molecule has 4 nitrogen and oxygen atoms in total. The Morgan fingerprint density at radius 1 is 1.29 bits per heavy atom. The number of halogens is 4. The van der Waals surface area contributed by atoms with E-state index in [1.54, 1.807) is 0 Å². The van der Waals surface area contributed by atoms with Gasteiger partial charge in [-0.3, -0.25) is 4.79 Å². The molecule has 118 valence electrons. The minimum absolute atomic E-state index is 0.00929. The Morgan fingerprint density at radius 2 is 1.90 bits per heavy atom. The van der Waals surface area contributed by atoms with Gasteiger partial charge in [-0.1, -0.05) is 0 Å². The first-order valence-electron chi connectivity index (χ1n) is 5.83. The van der Waals surface area contributed by atoms with Crippen molar-refractivity contribution in [3.8, 4) is 0 Å². The van der Waals surface area contributed by atoms with Gasteiger partial charge in [0.15, 0.2) is 0 Å². The van der Waals surface area contributed by atoms with E-state index in [-0.39, 0.29) is 24.3 Å². The zero-order valence-electron chi connectivity index (χ0n) is 11.0. The van der Waals surface area contributed by atoms with E-state index in [9.17, 15) is 30.8 Å². The van der Waals surface area contributed by atoms with Crippen molar-refractivity contribution in [1.29, 1.82) is 0 Å². The summed E-state index contributed by atoms with van der Waals surface area (Å²) in [5.74, 6) is -2.44. The highest BCUT2D eigenvalue weighted by molar-refractivity contribution is 7.90. The molecule has 1 N–H and O–H groups in total. The summed E-state index contributed by atoms with van der Waals surface area (Å²) in [5.41, 5.74) is -1.87. The van der Waals surface area contributed by atoms with Crippen molar-refractivity contribution >= 4 is 15.7 Å². The molecule has 21 heavy (non-hydrogen) atoms. The lowest BCUT2D eigenvalue weighted by Crippen LogP contribution is -2.26. The zero-order valence-corrected chi connectivity index (χ0v) is 11.8. The molecule has 0 saturated heterocycles. The van der Waals surface area contributed by atoms with E-state index < -0.39 is 33.3 Å². The number of hydrogen-bond acceptors (Lipinski definition) is 3. The van der Waals surface area contributed by atoms with Crippen molar-refractivity contribution in [2.75, 3.05) is 18.6 Å². The minimum atomic E-state index is -4.89. The number of rotatable bonds is 5. The van der Waals surface area contributed by atoms with Gasteiger partial charge < -0.3 is 5.32 Å². The van der Waals surface area contributed by atoms with E-state index in [0.717, 1.165) is 12.3 Å². The van der Waals surface area contributed by atoms with Gasteiger partial charge >= 0.3 is 6.18 Å². The van der Waals surface area contributed by atoms with Crippen LogP contribution in [-0.4, -0.2) is 32.9 Å². The molecule has 0 aliphatic heterocycles. The number of benzene rings is 1. The van der Waals surface area contributed by atoms with Crippen LogP contribution in [0.4, 0.5) is 17.6 Å². The number of carbonyl (C=O) groups is 1. The van der Waals surface area contributed by atoms with Crippen LogP contribution in [-0.2, 0) is 16.0 Å². The normalized spacial score (nSPS) is 12.2. The van der Waals surface area contributed by atoms with Crippen molar-refractivity contribution in [3.63, 3.8) is 0 Å². The second-order valence-electron chi connectivity index (χ2n) is 4.43. The van der Waals surface area contributed by atoms with Crippen LogP contribution in [0, 0.1) is 5.82 Å². The Balaban J connectivity index is 2.71.